The third kappa shape index (κ3) is 3.84. The fraction of sp³-hybridized carbons (Fsp3) is 0.176. The van der Waals surface area contributed by atoms with E-state index in [1.807, 2.05) is 6.07 Å². The van der Waals surface area contributed by atoms with Gasteiger partial charge in [0.2, 0.25) is 0 Å². The molecule has 9 heteroatoms. The Balaban J connectivity index is 1.75. The Bertz CT molecular complexity index is 994. The number of nitrogens with zero attached hydrogens (tertiary/aromatic N) is 3. The molecular weight excluding hydrogens is 385 g/mol. The average Bonchev–Trinajstić information content (AvgIpc) is 3.03. The molecule has 0 fully saturated rings. The molecule has 1 aromatic heterocycles. The Labute approximate surface area is 156 Å². The van der Waals surface area contributed by atoms with Crippen molar-refractivity contribution in [2.75, 3.05) is 23.9 Å². The molecule has 0 spiro atoms. The highest BCUT2D eigenvalue weighted by atomic mass is 35.5. The van der Waals surface area contributed by atoms with Gasteiger partial charge in [-0.25, -0.2) is 4.98 Å². The third-order valence-electron chi connectivity index (χ3n) is 3.64. The van der Waals surface area contributed by atoms with E-state index in [0.29, 0.717) is 38.3 Å². The van der Waals surface area contributed by atoms with Crippen LogP contribution in [0, 0.1) is 11.3 Å². The van der Waals surface area contributed by atoms with Crippen LogP contribution in [0.2, 0.25) is 5.02 Å². The topological polar surface area (TPSA) is 52.0 Å². The van der Waals surface area contributed by atoms with Gasteiger partial charge in [0.15, 0.2) is 5.13 Å². The summed E-state index contributed by atoms with van der Waals surface area (Å²) in [5, 5.41) is 13.0. The average molecular weight is 397 g/mol. The SMILES string of the molecule is CN(CNc1ccc(C#N)cc1Cl)c1nc2ccc(C(F)(F)F)cc2s1. The first-order valence-electron chi connectivity index (χ1n) is 7.40. The third-order valence-corrected chi connectivity index (χ3v) is 5.08. The zero-order chi connectivity index (χ0) is 18.9. The van der Waals surface area contributed by atoms with Crippen LogP contribution in [0.15, 0.2) is 36.4 Å². The number of nitriles is 1. The number of aromatic nitrogens is 1. The van der Waals surface area contributed by atoms with Crippen LogP contribution >= 0.6 is 22.9 Å². The largest absolute Gasteiger partial charge is 0.416 e. The van der Waals surface area contributed by atoms with Gasteiger partial charge in [0, 0.05) is 7.05 Å². The number of nitrogens with one attached hydrogen (secondary N) is 1. The van der Waals surface area contributed by atoms with Crippen molar-refractivity contribution in [3.63, 3.8) is 0 Å². The Morgan fingerprint density at radius 2 is 2.04 bits per heavy atom. The van der Waals surface area contributed by atoms with E-state index >= 15 is 0 Å². The van der Waals surface area contributed by atoms with Crippen molar-refractivity contribution in [1.29, 1.82) is 5.26 Å². The number of anilines is 2. The second-order valence-corrected chi connectivity index (χ2v) is 6.93. The van der Waals surface area contributed by atoms with Gasteiger partial charge in [-0.15, -0.1) is 0 Å². The molecule has 0 saturated carbocycles. The lowest BCUT2D eigenvalue weighted by atomic mass is 10.2. The van der Waals surface area contributed by atoms with Crippen LogP contribution in [0.1, 0.15) is 11.1 Å². The van der Waals surface area contributed by atoms with Gasteiger partial charge in [-0.3, -0.25) is 0 Å². The molecule has 2 aromatic carbocycles. The maximum Gasteiger partial charge on any atom is 0.416 e. The molecule has 0 atom stereocenters. The lowest BCUT2D eigenvalue weighted by Gasteiger charge is -2.17. The highest BCUT2D eigenvalue weighted by Gasteiger charge is 2.30. The number of alkyl halides is 3. The van der Waals surface area contributed by atoms with Crippen LogP contribution in [-0.2, 0) is 6.18 Å². The second kappa shape index (κ2) is 7.02. The first-order chi connectivity index (χ1) is 12.3. The first kappa shape index (κ1) is 18.3. The van der Waals surface area contributed by atoms with Crippen molar-refractivity contribution < 1.29 is 13.2 Å². The zero-order valence-corrected chi connectivity index (χ0v) is 15.0. The van der Waals surface area contributed by atoms with E-state index in [-0.39, 0.29) is 0 Å². The van der Waals surface area contributed by atoms with Gasteiger partial charge in [0.1, 0.15) is 0 Å². The fourth-order valence-electron chi connectivity index (χ4n) is 2.25. The van der Waals surface area contributed by atoms with Crippen LogP contribution in [0.4, 0.5) is 24.0 Å². The normalized spacial score (nSPS) is 11.4. The molecular formula is C17H12ClF3N4S. The van der Waals surface area contributed by atoms with Crippen molar-refractivity contribution >= 4 is 44.0 Å². The predicted octanol–water partition coefficient (Wildman–Crippen LogP) is 5.35. The minimum atomic E-state index is -4.38. The standard InChI is InChI=1S/C17H12ClF3N4S/c1-25(9-23-13-4-2-10(8-22)6-12(13)18)16-24-14-5-3-11(17(19,20)21)7-15(14)26-16/h2-7,23H,9H2,1H3. The molecule has 0 aliphatic heterocycles. The molecule has 1 N–H and O–H groups in total. The summed E-state index contributed by atoms with van der Waals surface area (Å²) in [7, 11) is 1.77. The van der Waals surface area contributed by atoms with Gasteiger partial charge in [-0.05, 0) is 36.4 Å². The van der Waals surface area contributed by atoms with E-state index in [0.717, 1.165) is 12.1 Å². The van der Waals surface area contributed by atoms with Crippen molar-refractivity contribution in [3.8, 4) is 6.07 Å². The number of thiazole rings is 1. The van der Waals surface area contributed by atoms with Crippen LogP contribution in [-0.4, -0.2) is 18.7 Å². The summed E-state index contributed by atoms with van der Waals surface area (Å²) in [4.78, 5) is 6.13. The second-order valence-electron chi connectivity index (χ2n) is 5.52. The van der Waals surface area contributed by atoms with Crippen molar-refractivity contribution in [2.24, 2.45) is 0 Å². The first-order valence-corrected chi connectivity index (χ1v) is 8.60. The molecule has 0 unspecified atom stereocenters. The highest BCUT2D eigenvalue weighted by molar-refractivity contribution is 7.22. The maximum absolute atomic E-state index is 12.8. The zero-order valence-electron chi connectivity index (χ0n) is 13.4. The number of benzene rings is 2. The van der Waals surface area contributed by atoms with Crippen molar-refractivity contribution in [3.05, 3.63) is 52.5 Å². The molecule has 26 heavy (non-hydrogen) atoms. The van der Waals surface area contributed by atoms with E-state index in [1.165, 1.54) is 17.4 Å². The quantitative estimate of drug-likeness (QED) is 0.604. The molecule has 0 radical (unpaired) electrons. The maximum atomic E-state index is 12.8. The molecule has 0 aliphatic carbocycles. The van der Waals surface area contributed by atoms with Crippen LogP contribution in [0.25, 0.3) is 10.2 Å². The van der Waals surface area contributed by atoms with E-state index in [9.17, 15) is 13.2 Å². The monoisotopic (exact) mass is 396 g/mol. The number of hydrogen-bond donors (Lipinski definition) is 1. The lowest BCUT2D eigenvalue weighted by molar-refractivity contribution is -0.137. The Morgan fingerprint density at radius 3 is 2.69 bits per heavy atom. The van der Waals surface area contributed by atoms with Crippen LogP contribution in [0.5, 0.6) is 0 Å². The number of fused-ring (bicyclic) bond motifs is 1. The molecule has 3 rings (SSSR count). The minimum absolute atomic E-state index is 0.345. The van der Waals surface area contributed by atoms with Crippen LogP contribution in [0.3, 0.4) is 0 Å². The summed E-state index contributed by atoms with van der Waals surface area (Å²) in [5.74, 6) is 0. The smallest absolute Gasteiger partial charge is 0.366 e. The van der Waals surface area contributed by atoms with E-state index < -0.39 is 11.7 Å². The molecule has 3 aromatic rings. The van der Waals surface area contributed by atoms with E-state index in [2.05, 4.69) is 10.3 Å². The van der Waals surface area contributed by atoms with Crippen molar-refractivity contribution in [1.82, 2.24) is 4.98 Å². The Morgan fingerprint density at radius 1 is 1.27 bits per heavy atom. The summed E-state index contributed by atoms with van der Waals surface area (Å²) in [6, 6.07) is 10.4. The van der Waals surface area contributed by atoms with Gasteiger partial charge in [0.25, 0.3) is 0 Å². The minimum Gasteiger partial charge on any atom is -0.366 e. The predicted molar refractivity (Wildman–Crippen MR) is 97.7 cm³/mol. The molecule has 0 bridgehead atoms. The molecule has 1 heterocycles. The Kier molecular flexibility index (Phi) is 4.94. The number of rotatable bonds is 4. The molecule has 0 amide bonds. The van der Waals surface area contributed by atoms with Crippen molar-refractivity contribution in [2.45, 2.75) is 6.18 Å². The summed E-state index contributed by atoms with van der Waals surface area (Å²) >= 11 is 7.29. The summed E-state index contributed by atoms with van der Waals surface area (Å²) in [5.41, 5.74) is 0.935. The molecule has 134 valence electrons. The summed E-state index contributed by atoms with van der Waals surface area (Å²) < 4.78 is 38.9. The van der Waals surface area contributed by atoms with Gasteiger partial charge in [-0.1, -0.05) is 22.9 Å². The van der Waals surface area contributed by atoms with E-state index in [4.69, 9.17) is 16.9 Å². The van der Waals surface area contributed by atoms with Gasteiger partial charge in [0.05, 0.1) is 44.8 Å². The summed E-state index contributed by atoms with van der Waals surface area (Å²) in [6.07, 6.45) is -4.38. The van der Waals surface area contributed by atoms with Gasteiger partial charge >= 0.3 is 6.18 Å². The number of hydrogen-bond acceptors (Lipinski definition) is 5. The molecule has 4 nitrogen and oxygen atoms in total. The van der Waals surface area contributed by atoms with Gasteiger partial charge < -0.3 is 10.2 Å². The molecule has 0 aliphatic rings. The number of halogens is 4. The summed E-state index contributed by atoms with van der Waals surface area (Å²) in [6.45, 7) is 0.345. The highest BCUT2D eigenvalue weighted by Crippen LogP contribution is 2.35. The van der Waals surface area contributed by atoms with E-state index in [1.54, 1.807) is 30.1 Å². The fourth-order valence-corrected chi connectivity index (χ4v) is 3.46. The van der Waals surface area contributed by atoms with Crippen LogP contribution < -0.4 is 10.2 Å². The lowest BCUT2D eigenvalue weighted by Crippen LogP contribution is -2.24. The van der Waals surface area contributed by atoms with Gasteiger partial charge in [-0.2, -0.15) is 18.4 Å². The Hall–Kier alpha value is -2.50. The molecule has 0 saturated heterocycles.